The third-order valence-electron chi connectivity index (χ3n) is 8.54. The second-order valence-corrected chi connectivity index (χ2v) is 12.2. The van der Waals surface area contributed by atoms with Crippen molar-refractivity contribution in [2.24, 2.45) is 0 Å². The van der Waals surface area contributed by atoms with Gasteiger partial charge in [0.1, 0.15) is 5.58 Å². The van der Waals surface area contributed by atoms with Crippen LogP contribution < -0.4 is 9.80 Å². The van der Waals surface area contributed by atoms with E-state index in [4.69, 9.17) is 4.42 Å². The summed E-state index contributed by atoms with van der Waals surface area (Å²) in [6.45, 7) is 11.0. The number of fused-ring (bicyclic) bond motifs is 4. The van der Waals surface area contributed by atoms with Gasteiger partial charge >= 0.3 is 20.1 Å². The number of nitrogens with zero attached hydrogens (tertiary/aromatic N) is 4. The van der Waals surface area contributed by atoms with Gasteiger partial charge in [0.15, 0.2) is 0 Å². The number of para-hydroxylation sites is 4. The van der Waals surface area contributed by atoms with Gasteiger partial charge in [0.2, 0.25) is 0 Å². The van der Waals surface area contributed by atoms with Crippen LogP contribution in [0.3, 0.4) is 0 Å². The van der Waals surface area contributed by atoms with E-state index in [0.717, 1.165) is 44.7 Å². The normalized spacial score (nSPS) is 12.1. The van der Waals surface area contributed by atoms with Crippen LogP contribution in [0.25, 0.3) is 39.0 Å². The summed E-state index contributed by atoms with van der Waals surface area (Å²) in [5.74, 6) is 1.86. The van der Waals surface area contributed by atoms with Crippen LogP contribution in [0.2, 0.25) is 0 Å². The molecule has 0 spiro atoms. The van der Waals surface area contributed by atoms with E-state index >= 15 is 0 Å². The molecule has 3 heterocycles. The van der Waals surface area contributed by atoms with Crippen molar-refractivity contribution >= 4 is 39.0 Å². The molecular formula is C42H41IrN4O. The van der Waals surface area contributed by atoms with Crippen molar-refractivity contribution in [1.29, 1.82) is 0 Å². The molecule has 5 aromatic carbocycles. The maximum absolute atomic E-state index is 6.13. The molecule has 48 heavy (non-hydrogen) atoms. The summed E-state index contributed by atoms with van der Waals surface area (Å²) < 4.78 is 8.35. The van der Waals surface area contributed by atoms with E-state index in [1.54, 1.807) is 0 Å². The zero-order valence-electron chi connectivity index (χ0n) is 27.2. The molecule has 0 saturated heterocycles. The molecule has 0 radical (unpaired) electrons. The zero-order chi connectivity index (χ0) is 31.8. The Balaban J connectivity index is 0.000000180. The standard InChI is InChI=1S/C21H23N2.C20H14N2O.CH4.Ir/c1-15(2)18-11-8-12-19(16(3)4)20(18)23-14-13-22-21(23)17-9-6-5-7-10-17;1-21-13-22(17-10-4-3-9-16(17)21)18-11-6-8-15-14-7-2-5-12-19(14)23-20(15)18;;/h5-9,11-16H,1-4H3;2-10,12-13H,1H3;1H4;/q-1;-2;;+3. The van der Waals surface area contributed by atoms with Crippen molar-refractivity contribution in [3.8, 4) is 17.1 Å². The molecule has 1 aliphatic heterocycles. The van der Waals surface area contributed by atoms with Crippen molar-refractivity contribution in [3.05, 3.63) is 145 Å². The van der Waals surface area contributed by atoms with E-state index < -0.39 is 0 Å². The van der Waals surface area contributed by atoms with Gasteiger partial charge in [-0.15, -0.1) is 35.9 Å². The van der Waals surface area contributed by atoms with Crippen molar-refractivity contribution in [3.63, 3.8) is 0 Å². The molecule has 0 fully saturated rings. The second-order valence-electron chi connectivity index (χ2n) is 12.2. The minimum Gasteiger partial charge on any atom is -0.514 e. The first-order chi connectivity index (χ1) is 22.4. The summed E-state index contributed by atoms with van der Waals surface area (Å²) in [6.07, 6.45) is 3.93. The van der Waals surface area contributed by atoms with Crippen molar-refractivity contribution in [2.45, 2.75) is 47.0 Å². The van der Waals surface area contributed by atoms with Crippen LogP contribution in [0.15, 0.2) is 120 Å². The van der Waals surface area contributed by atoms with Crippen LogP contribution in [0, 0.1) is 18.8 Å². The van der Waals surface area contributed by atoms with Crippen LogP contribution in [0.5, 0.6) is 0 Å². The molecule has 7 aromatic rings. The molecule has 0 aliphatic carbocycles. The Morgan fingerprint density at radius 1 is 0.729 bits per heavy atom. The van der Waals surface area contributed by atoms with Crippen LogP contribution >= 0.6 is 0 Å². The minimum absolute atomic E-state index is 0. The largest absolute Gasteiger partial charge is 3.00 e. The van der Waals surface area contributed by atoms with E-state index in [1.807, 2.05) is 48.7 Å². The fourth-order valence-corrected chi connectivity index (χ4v) is 6.30. The first kappa shape index (κ1) is 34.7. The van der Waals surface area contributed by atoms with Crippen molar-refractivity contribution in [1.82, 2.24) is 9.55 Å². The first-order valence-corrected chi connectivity index (χ1v) is 15.8. The SMILES string of the molecule is C.CC(C)c1cccc(C(C)C)c1-n1ccnc1-c1[c-]cccc1.CN1[CH-]N(c2[c-]ccc3c2oc2ccccc23)c2ccccc21.[Ir+3]. The molecule has 0 unspecified atom stereocenters. The molecule has 0 atom stereocenters. The topological polar surface area (TPSA) is 37.4 Å². The third kappa shape index (κ3) is 6.31. The van der Waals surface area contributed by atoms with Crippen LogP contribution in [0.1, 0.15) is 58.1 Å². The molecule has 1 aliphatic rings. The number of rotatable bonds is 5. The van der Waals surface area contributed by atoms with E-state index in [9.17, 15) is 0 Å². The average Bonchev–Trinajstić information content (AvgIpc) is 3.81. The van der Waals surface area contributed by atoms with Crippen LogP contribution in [0.4, 0.5) is 17.1 Å². The summed E-state index contributed by atoms with van der Waals surface area (Å²) in [7, 11) is 2.05. The zero-order valence-corrected chi connectivity index (χ0v) is 29.6. The average molecular weight is 810 g/mol. The number of benzene rings is 5. The third-order valence-corrected chi connectivity index (χ3v) is 8.54. The Labute approximate surface area is 298 Å². The minimum atomic E-state index is 0. The Morgan fingerprint density at radius 3 is 2.12 bits per heavy atom. The van der Waals surface area contributed by atoms with Crippen molar-refractivity contribution < 1.29 is 24.5 Å². The Morgan fingerprint density at radius 2 is 1.42 bits per heavy atom. The van der Waals surface area contributed by atoms with Crippen LogP contribution in [-0.2, 0) is 20.1 Å². The number of hydrogen-bond donors (Lipinski definition) is 0. The summed E-state index contributed by atoms with van der Waals surface area (Å²) in [4.78, 5) is 8.85. The van der Waals surface area contributed by atoms with Gasteiger partial charge in [-0.1, -0.05) is 94.7 Å². The van der Waals surface area contributed by atoms with Gasteiger partial charge in [-0.2, -0.15) is 24.9 Å². The molecule has 6 heteroatoms. The molecule has 0 saturated carbocycles. The number of hydrogen-bond acceptors (Lipinski definition) is 4. The van der Waals surface area contributed by atoms with Gasteiger partial charge < -0.3 is 18.8 Å². The molecule has 2 aromatic heterocycles. The van der Waals surface area contributed by atoms with Gasteiger partial charge in [-0.05, 0) is 48.2 Å². The Kier molecular flexibility index (Phi) is 10.6. The first-order valence-electron chi connectivity index (χ1n) is 15.8. The molecule has 5 nitrogen and oxygen atoms in total. The molecule has 0 bridgehead atoms. The number of imidazole rings is 1. The molecular weight excluding hydrogens is 769 g/mol. The summed E-state index contributed by atoms with van der Waals surface area (Å²) in [6, 6.07) is 41.8. The van der Waals surface area contributed by atoms with Crippen LogP contribution in [-0.4, -0.2) is 16.6 Å². The predicted octanol–water partition coefficient (Wildman–Crippen LogP) is 11.3. The Bertz CT molecular complexity index is 2100. The van der Waals surface area contributed by atoms with Crippen molar-refractivity contribution in [2.75, 3.05) is 16.8 Å². The predicted molar refractivity (Wildman–Crippen MR) is 197 cm³/mol. The monoisotopic (exact) mass is 810 g/mol. The maximum atomic E-state index is 6.13. The van der Waals surface area contributed by atoms with E-state index in [2.05, 4.69) is 140 Å². The summed E-state index contributed by atoms with van der Waals surface area (Å²) >= 11 is 0. The Hall–Kier alpha value is -4.64. The number of furan rings is 1. The molecule has 8 rings (SSSR count). The fourth-order valence-electron chi connectivity index (χ4n) is 6.30. The van der Waals surface area contributed by atoms with E-state index in [0.29, 0.717) is 11.8 Å². The smallest absolute Gasteiger partial charge is 0.514 e. The molecule has 244 valence electrons. The van der Waals surface area contributed by atoms with Gasteiger partial charge in [0.25, 0.3) is 0 Å². The van der Waals surface area contributed by atoms with Gasteiger partial charge in [-0.25, -0.2) is 0 Å². The fraction of sp³-hybridized carbons (Fsp3) is 0.190. The summed E-state index contributed by atoms with van der Waals surface area (Å²) in [5, 5.41) is 2.26. The molecule has 0 amide bonds. The number of anilines is 3. The van der Waals surface area contributed by atoms with Gasteiger partial charge in [0, 0.05) is 40.4 Å². The quantitative estimate of drug-likeness (QED) is 0.162. The van der Waals surface area contributed by atoms with Gasteiger partial charge in [0.05, 0.1) is 5.82 Å². The van der Waals surface area contributed by atoms with E-state index in [-0.39, 0.29) is 27.5 Å². The van der Waals surface area contributed by atoms with Gasteiger partial charge in [-0.3, -0.25) is 4.98 Å². The maximum Gasteiger partial charge on any atom is 3.00 e. The molecule has 0 N–H and O–H groups in total. The second kappa shape index (κ2) is 14.6. The van der Waals surface area contributed by atoms with E-state index in [1.165, 1.54) is 22.5 Å². The number of aromatic nitrogens is 2. The summed E-state index contributed by atoms with van der Waals surface area (Å²) in [5.41, 5.74) is 10.0.